The summed E-state index contributed by atoms with van der Waals surface area (Å²) in [5.41, 5.74) is 1.52. The van der Waals surface area contributed by atoms with E-state index in [-0.39, 0.29) is 18.1 Å². The molecule has 0 saturated carbocycles. The van der Waals surface area contributed by atoms with Gasteiger partial charge in [0.05, 0.1) is 12.7 Å². The monoisotopic (exact) mass is 327 g/mol. The molecule has 0 aliphatic carbocycles. The van der Waals surface area contributed by atoms with Crippen LogP contribution in [0.4, 0.5) is 0 Å². The minimum absolute atomic E-state index is 0.0382. The molecule has 2 aliphatic heterocycles. The molecule has 2 saturated heterocycles. The Kier molecular flexibility index (Phi) is 4.03. The van der Waals surface area contributed by atoms with E-state index >= 15 is 0 Å². The molecule has 0 unspecified atom stereocenters. The highest BCUT2D eigenvalue weighted by atomic mass is 16.5. The second kappa shape index (κ2) is 6.33. The Balaban J connectivity index is 1.43. The van der Waals surface area contributed by atoms with Crippen LogP contribution in [0.5, 0.6) is 0 Å². The molecule has 2 aliphatic rings. The van der Waals surface area contributed by atoms with Gasteiger partial charge in [-0.15, -0.1) is 10.2 Å². The van der Waals surface area contributed by atoms with E-state index in [4.69, 9.17) is 4.74 Å². The molecule has 2 fully saturated rings. The number of nitrogens with one attached hydrogen (secondary N) is 1. The van der Waals surface area contributed by atoms with Crippen LogP contribution in [0.3, 0.4) is 0 Å². The fourth-order valence-corrected chi connectivity index (χ4v) is 3.55. The van der Waals surface area contributed by atoms with Gasteiger partial charge in [0.25, 0.3) is 5.91 Å². The summed E-state index contributed by atoms with van der Waals surface area (Å²) >= 11 is 0. The van der Waals surface area contributed by atoms with Crippen LogP contribution in [0.25, 0.3) is 5.69 Å². The van der Waals surface area contributed by atoms with Crippen molar-refractivity contribution in [3.8, 4) is 5.69 Å². The standard InChI is InChI=1S/C17H21N5O2/c1-12-7-21-8-14(6-16(21)9-24-12)20-17(23)13-3-2-4-15(5-13)22-10-18-19-11-22/h2-5,10-12,14,16H,6-9H2,1H3,(H,20,23)/t12-,14-,16-/m0/s1. The summed E-state index contributed by atoms with van der Waals surface area (Å²) in [5.74, 6) is -0.0382. The average Bonchev–Trinajstić information content (AvgIpc) is 3.23. The molecule has 1 aromatic heterocycles. The van der Waals surface area contributed by atoms with E-state index in [9.17, 15) is 4.79 Å². The molecule has 3 atom stereocenters. The lowest BCUT2D eigenvalue weighted by Crippen LogP contribution is -2.45. The third kappa shape index (κ3) is 3.05. The number of fused-ring (bicyclic) bond motifs is 1. The largest absolute Gasteiger partial charge is 0.376 e. The first-order chi connectivity index (χ1) is 11.7. The van der Waals surface area contributed by atoms with Crippen LogP contribution in [0.1, 0.15) is 23.7 Å². The number of aromatic nitrogens is 3. The summed E-state index contributed by atoms with van der Waals surface area (Å²) in [6.45, 7) is 4.70. The van der Waals surface area contributed by atoms with Gasteiger partial charge in [-0.2, -0.15) is 0 Å². The average molecular weight is 327 g/mol. The molecule has 1 aromatic carbocycles. The third-order valence-electron chi connectivity index (χ3n) is 4.75. The van der Waals surface area contributed by atoms with Gasteiger partial charge in [-0.05, 0) is 31.5 Å². The van der Waals surface area contributed by atoms with E-state index in [0.29, 0.717) is 11.6 Å². The topological polar surface area (TPSA) is 72.3 Å². The van der Waals surface area contributed by atoms with Crippen molar-refractivity contribution >= 4 is 5.91 Å². The summed E-state index contributed by atoms with van der Waals surface area (Å²) in [7, 11) is 0. The van der Waals surface area contributed by atoms with Gasteiger partial charge in [0.2, 0.25) is 0 Å². The molecule has 4 rings (SSSR count). The smallest absolute Gasteiger partial charge is 0.251 e. The van der Waals surface area contributed by atoms with Gasteiger partial charge in [-0.25, -0.2) is 0 Å². The molecule has 126 valence electrons. The number of hydrogen-bond donors (Lipinski definition) is 1. The Morgan fingerprint density at radius 3 is 2.96 bits per heavy atom. The van der Waals surface area contributed by atoms with Crippen molar-refractivity contribution < 1.29 is 9.53 Å². The van der Waals surface area contributed by atoms with Gasteiger partial charge in [0.1, 0.15) is 12.7 Å². The van der Waals surface area contributed by atoms with Crippen molar-refractivity contribution in [2.75, 3.05) is 19.7 Å². The van der Waals surface area contributed by atoms with E-state index in [1.807, 2.05) is 24.3 Å². The number of carbonyl (C=O) groups excluding carboxylic acids is 1. The molecule has 3 heterocycles. The van der Waals surface area contributed by atoms with Crippen molar-refractivity contribution in [2.24, 2.45) is 0 Å². The summed E-state index contributed by atoms with van der Waals surface area (Å²) in [5, 5.41) is 10.8. The Morgan fingerprint density at radius 2 is 2.12 bits per heavy atom. The lowest BCUT2D eigenvalue weighted by Gasteiger charge is -2.33. The zero-order chi connectivity index (χ0) is 16.5. The first-order valence-corrected chi connectivity index (χ1v) is 8.30. The number of morpholine rings is 1. The van der Waals surface area contributed by atoms with Crippen molar-refractivity contribution in [1.82, 2.24) is 25.0 Å². The van der Waals surface area contributed by atoms with Crippen LogP contribution < -0.4 is 5.32 Å². The maximum atomic E-state index is 12.6. The molecule has 1 amide bonds. The fourth-order valence-electron chi connectivity index (χ4n) is 3.55. The van der Waals surface area contributed by atoms with Gasteiger partial charge in [0.15, 0.2) is 0 Å². The van der Waals surface area contributed by atoms with Gasteiger partial charge in [-0.1, -0.05) is 6.07 Å². The lowest BCUT2D eigenvalue weighted by atomic mass is 10.1. The highest BCUT2D eigenvalue weighted by molar-refractivity contribution is 5.95. The lowest BCUT2D eigenvalue weighted by molar-refractivity contribution is -0.0390. The van der Waals surface area contributed by atoms with Gasteiger partial charge in [-0.3, -0.25) is 14.3 Å². The van der Waals surface area contributed by atoms with E-state index in [2.05, 4.69) is 27.3 Å². The third-order valence-corrected chi connectivity index (χ3v) is 4.75. The van der Waals surface area contributed by atoms with Crippen molar-refractivity contribution in [2.45, 2.75) is 31.5 Å². The molecule has 7 heteroatoms. The Bertz CT molecular complexity index is 718. The summed E-state index contributed by atoms with van der Waals surface area (Å²) in [6.07, 6.45) is 4.46. The molecule has 0 bridgehead atoms. The highest BCUT2D eigenvalue weighted by Gasteiger charge is 2.36. The van der Waals surface area contributed by atoms with E-state index in [0.717, 1.165) is 31.8 Å². The molecule has 7 nitrogen and oxygen atoms in total. The molecule has 24 heavy (non-hydrogen) atoms. The van der Waals surface area contributed by atoms with Crippen molar-refractivity contribution in [3.05, 3.63) is 42.5 Å². The predicted octanol–water partition coefficient (Wildman–Crippen LogP) is 0.859. The highest BCUT2D eigenvalue weighted by Crippen LogP contribution is 2.23. The van der Waals surface area contributed by atoms with Gasteiger partial charge >= 0.3 is 0 Å². The minimum atomic E-state index is -0.0382. The van der Waals surface area contributed by atoms with Crippen LogP contribution >= 0.6 is 0 Å². The normalized spacial score (nSPS) is 27.0. The molecular formula is C17H21N5O2. The second-order valence-corrected chi connectivity index (χ2v) is 6.58. The quantitative estimate of drug-likeness (QED) is 0.905. The van der Waals surface area contributed by atoms with Gasteiger partial charge < -0.3 is 10.1 Å². The number of benzene rings is 1. The van der Waals surface area contributed by atoms with Crippen molar-refractivity contribution in [3.63, 3.8) is 0 Å². The molecular weight excluding hydrogens is 306 g/mol. The number of ether oxygens (including phenoxy) is 1. The SMILES string of the molecule is C[C@H]1CN2C[C@@H](NC(=O)c3cccc(-n4cnnc4)c3)C[C@H]2CO1. The maximum Gasteiger partial charge on any atom is 0.251 e. The summed E-state index contributed by atoms with van der Waals surface area (Å²) < 4.78 is 7.50. The van der Waals surface area contributed by atoms with Crippen LogP contribution in [-0.2, 0) is 4.74 Å². The molecule has 0 spiro atoms. The molecule has 2 aromatic rings. The Hall–Kier alpha value is -2.25. The maximum absolute atomic E-state index is 12.6. The van der Waals surface area contributed by atoms with Crippen LogP contribution in [0.15, 0.2) is 36.9 Å². The first kappa shape index (κ1) is 15.3. The molecule has 1 N–H and O–H groups in total. The molecule has 0 radical (unpaired) electrons. The van der Waals surface area contributed by atoms with Gasteiger partial charge in [0, 0.05) is 36.4 Å². The minimum Gasteiger partial charge on any atom is -0.376 e. The first-order valence-electron chi connectivity index (χ1n) is 8.30. The zero-order valence-corrected chi connectivity index (χ0v) is 13.6. The fraction of sp³-hybridized carbons (Fsp3) is 0.471. The van der Waals surface area contributed by atoms with E-state index in [1.54, 1.807) is 17.2 Å². The number of carbonyl (C=O) groups is 1. The van der Waals surface area contributed by atoms with E-state index in [1.165, 1.54) is 0 Å². The Labute approximate surface area is 140 Å². The zero-order valence-electron chi connectivity index (χ0n) is 13.6. The number of rotatable bonds is 3. The number of hydrogen-bond acceptors (Lipinski definition) is 5. The Morgan fingerprint density at radius 1 is 1.29 bits per heavy atom. The van der Waals surface area contributed by atoms with E-state index < -0.39 is 0 Å². The second-order valence-electron chi connectivity index (χ2n) is 6.58. The van der Waals surface area contributed by atoms with Crippen LogP contribution in [-0.4, -0.2) is 63.5 Å². The van der Waals surface area contributed by atoms with Crippen LogP contribution in [0.2, 0.25) is 0 Å². The van der Waals surface area contributed by atoms with Crippen molar-refractivity contribution in [1.29, 1.82) is 0 Å². The summed E-state index contributed by atoms with van der Waals surface area (Å²) in [4.78, 5) is 15.0. The predicted molar refractivity (Wildman–Crippen MR) is 88.0 cm³/mol. The number of amides is 1. The van der Waals surface area contributed by atoms with Crippen LogP contribution in [0, 0.1) is 0 Å². The number of nitrogens with zero attached hydrogens (tertiary/aromatic N) is 4. The summed E-state index contributed by atoms with van der Waals surface area (Å²) in [6, 6.07) is 8.08.